The van der Waals surface area contributed by atoms with E-state index < -0.39 is 0 Å². The van der Waals surface area contributed by atoms with Gasteiger partial charge in [-0.05, 0) is 57.9 Å². The molecule has 0 saturated carbocycles. The number of ether oxygens (including phenoxy) is 3. The lowest BCUT2D eigenvalue weighted by Crippen LogP contribution is -2.50. The molecule has 2 aliphatic rings. The fourth-order valence-corrected chi connectivity index (χ4v) is 3.73. The third kappa shape index (κ3) is 4.92. The van der Waals surface area contributed by atoms with E-state index in [0.29, 0.717) is 18.1 Å². The van der Waals surface area contributed by atoms with Crippen molar-refractivity contribution in [3.63, 3.8) is 0 Å². The summed E-state index contributed by atoms with van der Waals surface area (Å²) in [4.78, 5) is 0. The van der Waals surface area contributed by atoms with Gasteiger partial charge in [0.05, 0.1) is 11.7 Å². The minimum Gasteiger partial charge on any atom is -0.382 e. The van der Waals surface area contributed by atoms with Gasteiger partial charge in [0.1, 0.15) is 0 Å². The first-order valence-electron chi connectivity index (χ1n) is 8.67. The van der Waals surface area contributed by atoms with Crippen molar-refractivity contribution in [3.8, 4) is 0 Å². The van der Waals surface area contributed by atoms with E-state index in [-0.39, 0.29) is 5.60 Å². The van der Waals surface area contributed by atoms with Gasteiger partial charge in [-0.1, -0.05) is 6.92 Å². The van der Waals surface area contributed by atoms with Gasteiger partial charge in [-0.25, -0.2) is 0 Å². The number of hydrogen-bond donors (Lipinski definition) is 1. The zero-order valence-electron chi connectivity index (χ0n) is 14.0. The minimum atomic E-state index is 0.0869. The highest BCUT2D eigenvalue weighted by molar-refractivity contribution is 4.93. The summed E-state index contributed by atoms with van der Waals surface area (Å²) in [5.41, 5.74) is 0.0869. The van der Waals surface area contributed by atoms with Gasteiger partial charge in [0, 0.05) is 33.0 Å². The Labute approximate surface area is 129 Å². The zero-order chi connectivity index (χ0) is 15.1. The molecular weight excluding hydrogens is 266 g/mol. The van der Waals surface area contributed by atoms with Crippen LogP contribution in [0.2, 0.25) is 0 Å². The van der Waals surface area contributed by atoms with Crippen LogP contribution >= 0.6 is 0 Å². The molecule has 0 aromatic rings. The van der Waals surface area contributed by atoms with Gasteiger partial charge >= 0.3 is 0 Å². The highest BCUT2D eigenvalue weighted by Crippen LogP contribution is 2.39. The van der Waals surface area contributed by atoms with E-state index in [9.17, 15) is 0 Å². The molecule has 4 nitrogen and oxygen atoms in total. The molecule has 21 heavy (non-hydrogen) atoms. The highest BCUT2D eigenvalue weighted by atomic mass is 16.5. The van der Waals surface area contributed by atoms with Gasteiger partial charge in [-0.2, -0.15) is 0 Å². The third-order valence-corrected chi connectivity index (χ3v) is 5.15. The van der Waals surface area contributed by atoms with E-state index in [0.717, 1.165) is 45.6 Å². The molecule has 4 heteroatoms. The molecule has 0 bridgehead atoms. The van der Waals surface area contributed by atoms with Gasteiger partial charge in [0.2, 0.25) is 0 Å². The van der Waals surface area contributed by atoms with Crippen molar-refractivity contribution in [2.75, 3.05) is 33.5 Å². The molecule has 1 N–H and O–H groups in total. The second kappa shape index (κ2) is 8.47. The Morgan fingerprint density at radius 1 is 1.29 bits per heavy atom. The maximum absolute atomic E-state index is 6.18. The van der Waals surface area contributed by atoms with Crippen LogP contribution in [0.3, 0.4) is 0 Å². The molecule has 2 rings (SSSR count). The van der Waals surface area contributed by atoms with Gasteiger partial charge < -0.3 is 19.5 Å². The van der Waals surface area contributed by atoms with Crippen LogP contribution in [-0.2, 0) is 14.2 Å². The maximum atomic E-state index is 6.18. The lowest BCUT2D eigenvalue weighted by Gasteiger charge is -2.45. The Bertz CT molecular complexity index is 286. The largest absolute Gasteiger partial charge is 0.382 e. The molecule has 3 unspecified atom stereocenters. The summed E-state index contributed by atoms with van der Waals surface area (Å²) in [5, 5.41) is 3.76. The van der Waals surface area contributed by atoms with Gasteiger partial charge in [0.15, 0.2) is 0 Å². The van der Waals surface area contributed by atoms with Crippen LogP contribution in [0, 0.1) is 5.92 Å². The summed E-state index contributed by atoms with van der Waals surface area (Å²) in [6, 6.07) is 0.545. The van der Waals surface area contributed by atoms with Crippen molar-refractivity contribution in [1.29, 1.82) is 0 Å². The lowest BCUT2D eigenvalue weighted by molar-refractivity contribution is -0.151. The average Bonchev–Trinajstić information content (AvgIpc) is 2.52. The zero-order valence-corrected chi connectivity index (χ0v) is 14.0. The van der Waals surface area contributed by atoms with Crippen LogP contribution in [0.1, 0.15) is 52.4 Å². The van der Waals surface area contributed by atoms with E-state index >= 15 is 0 Å². The van der Waals surface area contributed by atoms with Crippen LogP contribution in [0.25, 0.3) is 0 Å². The normalized spacial score (nSPS) is 28.4. The summed E-state index contributed by atoms with van der Waals surface area (Å²) in [5.74, 6) is 0.695. The summed E-state index contributed by atoms with van der Waals surface area (Å²) in [7, 11) is 1.81. The van der Waals surface area contributed by atoms with E-state index in [1.54, 1.807) is 0 Å². The van der Waals surface area contributed by atoms with Crippen molar-refractivity contribution < 1.29 is 14.2 Å². The first-order chi connectivity index (χ1) is 10.2. The van der Waals surface area contributed by atoms with Crippen molar-refractivity contribution in [1.82, 2.24) is 5.32 Å². The number of hydrogen-bond acceptors (Lipinski definition) is 4. The average molecular weight is 299 g/mol. The molecule has 2 fully saturated rings. The van der Waals surface area contributed by atoms with Crippen molar-refractivity contribution in [2.24, 2.45) is 5.92 Å². The summed E-state index contributed by atoms with van der Waals surface area (Å²) in [6.07, 6.45) is 7.05. The smallest absolute Gasteiger partial charge is 0.0729 e. The number of rotatable bonds is 7. The number of nitrogens with one attached hydrogen (secondary N) is 1. The molecule has 3 atom stereocenters. The van der Waals surface area contributed by atoms with Crippen LogP contribution in [-0.4, -0.2) is 51.2 Å². The summed E-state index contributed by atoms with van der Waals surface area (Å²) >= 11 is 0. The third-order valence-electron chi connectivity index (χ3n) is 5.15. The minimum absolute atomic E-state index is 0.0869. The summed E-state index contributed by atoms with van der Waals surface area (Å²) in [6.45, 7) is 8.10. The van der Waals surface area contributed by atoms with Gasteiger partial charge in [0.25, 0.3) is 0 Å². The van der Waals surface area contributed by atoms with Crippen LogP contribution in [0.4, 0.5) is 0 Å². The molecule has 1 spiro atoms. The van der Waals surface area contributed by atoms with Crippen LogP contribution in [0.15, 0.2) is 0 Å². The molecule has 2 saturated heterocycles. The Balaban J connectivity index is 1.96. The lowest BCUT2D eigenvalue weighted by atomic mass is 9.76. The van der Waals surface area contributed by atoms with Gasteiger partial charge in [-0.3, -0.25) is 0 Å². The Morgan fingerprint density at radius 3 is 2.71 bits per heavy atom. The van der Waals surface area contributed by atoms with Gasteiger partial charge in [-0.15, -0.1) is 0 Å². The standard InChI is InChI=1S/C17H33NO3/c1-4-8-18-16(12-14(2)19-3)15-5-9-21-17(13-15)6-10-20-11-7-17/h14-16,18H,4-13H2,1-3H3. The topological polar surface area (TPSA) is 39.7 Å². The van der Waals surface area contributed by atoms with E-state index in [4.69, 9.17) is 14.2 Å². The van der Waals surface area contributed by atoms with E-state index in [1.807, 2.05) is 7.11 Å². The predicted molar refractivity (Wildman–Crippen MR) is 84.6 cm³/mol. The Hall–Kier alpha value is -0.160. The second-order valence-electron chi connectivity index (χ2n) is 6.74. The Morgan fingerprint density at radius 2 is 2.05 bits per heavy atom. The quantitative estimate of drug-likeness (QED) is 0.784. The molecule has 0 amide bonds. The highest BCUT2D eigenvalue weighted by Gasteiger charge is 2.41. The molecule has 2 heterocycles. The van der Waals surface area contributed by atoms with Crippen molar-refractivity contribution in [3.05, 3.63) is 0 Å². The fraction of sp³-hybridized carbons (Fsp3) is 1.00. The number of methoxy groups -OCH3 is 1. The van der Waals surface area contributed by atoms with Crippen LogP contribution < -0.4 is 5.32 Å². The van der Waals surface area contributed by atoms with Crippen molar-refractivity contribution >= 4 is 0 Å². The second-order valence-corrected chi connectivity index (χ2v) is 6.74. The maximum Gasteiger partial charge on any atom is 0.0729 e. The van der Waals surface area contributed by atoms with E-state index in [1.165, 1.54) is 19.3 Å². The predicted octanol–water partition coefficient (Wildman–Crippen LogP) is 2.76. The molecule has 0 aliphatic carbocycles. The molecule has 0 aromatic carbocycles. The van der Waals surface area contributed by atoms with E-state index in [2.05, 4.69) is 19.2 Å². The molecule has 0 aromatic heterocycles. The summed E-state index contributed by atoms with van der Waals surface area (Å²) < 4.78 is 17.2. The monoisotopic (exact) mass is 299 g/mol. The Kier molecular flexibility index (Phi) is 6.93. The molecular formula is C17H33NO3. The first kappa shape index (κ1) is 17.2. The van der Waals surface area contributed by atoms with Crippen LogP contribution in [0.5, 0.6) is 0 Å². The molecule has 0 radical (unpaired) electrons. The molecule has 2 aliphatic heterocycles. The fourth-order valence-electron chi connectivity index (χ4n) is 3.73. The molecule has 124 valence electrons. The SMILES string of the molecule is CCCNC(CC(C)OC)C1CCOC2(CCOCC2)C1. The van der Waals surface area contributed by atoms with Crippen molar-refractivity contribution in [2.45, 2.75) is 70.1 Å². The first-order valence-corrected chi connectivity index (χ1v) is 8.67.